The molecule has 0 spiro atoms. The molecule has 132 valence electrons. The highest BCUT2D eigenvalue weighted by Gasteiger charge is 2.38. The number of carbonyl (C=O) groups is 2. The quantitative estimate of drug-likeness (QED) is 0.896. The predicted molar refractivity (Wildman–Crippen MR) is 96.0 cm³/mol. The van der Waals surface area contributed by atoms with Gasteiger partial charge in [0.15, 0.2) is 0 Å². The smallest absolute Gasteiger partial charge is 0.229 e. The Morgan fingerprint density at radius 2 is 2.04 bits per heavy atom. The van der Waals surface area contributed by atoms with Crippen LogP contribution in [-0.2, 0) is 9.59 Å². The first-order valence-electron chi connectivity index (χ1n) is 8.78. The van der Waals surface area contributed by atoms with Crippen molar-refractivity contribution in [3.8, 4) is 6.07 Å². The van der Waals surface area contributed by atoms with E-state index >= 15 is 0 Å². The second-order valence-corrected chi connectivity index (χ2v) is 7.56. The summed E-state index contributed by atoms with van der Waals surface area (Å²) in [5.74, 6) is 0.314. The van der Waals surface area contributed by atoms with Gasteiger partial charge in [-0.15, -0.1) is 0 Å². The zero-order valence-electron chi connectivity index (χ0n) is 14.3. The van der Waals surface area contributed by atoms with Crippen molar-refractivity contribution in [2.24, 2.45) is 11.8 Å². The molecule has 1 atom stereocenters. The number of nitrogens with one attached hydrogen (secondary N) is 1. The standard InChI is InChI=1S/C19H22ClN3O2/c1-12-2-6-16(7-3-12)23-11-14(8-18(23)24)19(25)22-15-5-4-13(10-21)17(20)9-15/h4-5,9,12,14,16H,2-3,6-8,11H2,1H3,(H,22,25). The molecule has 0 aromatic heterocycles. The maximum absolute atomic E-state index is 12.5. The van der Waals surface area contributed by atoms with Crippen molar-refractivity contribution in [3.05, 3.63) is 28.8 Å². The van der Waals surface area contributed by atoms with Crippen LogP contribution < -0.4 is 5.32 Å². The number of likely N-dealkylation sites (tertiary alicyclic amines) is 1. The van der Waals surface area contributed by atoms with Crippen LogP contribution in [0.25, 0.3) is 0 Å². The first kappa shape index (κ1) is 17.8. The van der Waals surface area contributed by atoms with Gasteiger partial charge in [0.25, 0.3) is 0 Å². The van der Waals surface area contributed by atoms with Gasteiger partial charge in [-0.2, -0.15) is 5.26 Å². The number of hydrogen-bond donors (Lipinski definition) is 1. The fraction of sp³-hybridized carbons (Fsp3) is 0.526. The molecule has 2 fully saturated rings. The molecule has 3 rings (SSSR count). The number of nitriles is 1. The van der Waals surface area contributed by atoms with Crippen molar-refractivity contribution in [1.29, 1.82) is 5.26 Å². The highest BCUT2D eigenvalue weighted by Crippen LogP contribution is 2.31. The van der Waals surface area contributed by atoms with Crippen LogP contribution >= 0.6 is 11.6 Å². The number of hydrogen-bond acceptors (Lipinski definition) is 3. The van der Waals surface area contributed by atoms with E-state index < -0.39 is 0 Å². The molecule has 0 radical (unpaired) electrons. The van der Waals surface area contributed by atoms with Crippen LogP contribution in [0, 0.1) is 23.2 Å². The van der Waals surface area contributed by atoms with E-state index in [2.05, 4.69) is 12.2 Å². The van der Waals surface area contributed by atoms with Crippen LogP contribution in [0.15, 0.2) is 18.2 Å². The molecule has 1 heterocycles. The summed E-state index contributed by atoms with van der Waals surface area (Å²) in [6, 6.07) is 7.06. The molecule has 1 aliphatic carbocycles. The molecule has 1 unspecified atom stereocenters. The van der Waals surface area contributed by atoms with Crippen LogP contribution in [0.2, 0.25) is 5.02 Å². The zero-order valence-corrected chi connectivity index (χ0v) is 15.1. The monoisotopic (exact) mass is 359 g/mol. The fourth-order valence-corrected chi connectivity index (χ4v) is 3.96. The summed E-state index contributed by atoms with van der Waals surface area (Å²) in [7, 11) is 0. The molecule has 1 aromatic carbocycles. The Hall–Kier alpha value is -2.06. The van der Waals surface area contributed by atoms with E-state index in [1.165, 1.54) is 0 Å². The van der Waals surface area contributed by atoms with Crippen LogP contribution in [-0.4, -0.2) is 29.3 Å². The predicted octanol–water partition coefficient (Wildman–Crippen LogP) is 3.58. The lowest BCUT2D eigenvalue weighted by Gasteiger charge is -2.33. The number of halogens is 1. The summed E-state index contributed by atoms with van der Waals surface area (Å²) in [6.45, 7) is 2.74. The van der Waals surface area contributed by atoms with Gasteiger partial charge in [0.05, 0.1) is 16.5 Å². The maximum Gasteiger partial charge on any atom is 0.229 e. The summed E-state index contributed by atoms with van der Waals surface area (Å²) in [5, 5.41) is 12.0. The van der Waals surface area contributed by atoms with E-state index in [1.807, 2.05) is 11.0 Å². The maximum atomic E-state index is 12.5. The number of anilines is 1. The molecule has 6 heteroatoms. The summed E-state index contributed by atoms with van der Waals surface area (Å²) >= 11 is 6.00. The van der Waals surface area contributed by atoms with Gasteiger partial charge in [0.1, 0.15) is 6.07 Å². The van der Waals surface area contributed by atoms with Crippen molar-refractivity contribution in [2.75, 3.05) is 11.9 Å². The van der Waals surface area contributed by atoms with Crippen LogP contribution in [0.4, 0.5) is 5.69 Å². The molecule has 1 saturated heterocycles. The Labute approximate surface area is 152 Å². The van der Waals surface area contributed by atoms with Gasteiger partial charge < -0.3 is 10.2 Å². The Kier molecular flexibility index (Phi) is 5.29. The SMILES string of the molecule is CC1CCC(N2CC(C(=O)Nc3ccc(C#N)c(Cl)c3)CC2=O)CC1. The van der Waals surface area contributed by atoms with E-state index in [4.69, 9.17) is 16.9 Å². The van der Waals surface area contributed by atoms with E-state index in [0.29, 0.717) is 22.8 Å². The lowest BCUT2D eigenvalue weighted by Crippen LogP contribution is -2.39. The molecule has 1 aliphatic heterocycles. The Balaban J connectivity index is 1.61. The topological polar surface area (TPSA) is 73.2 Å². The van der Waals surface area contributed by atoms with Crippen molar-refractivity contribution < 1.29 is 9.59 Å². The Morgan fingerprint density at radius 3 is 2.68 bits per heavy atom. The second kappa shape index (κ2) is 7.45. The molecule has 2 aliphatic rings. The molecule has 1 saturated carbocycles. The molecule has 5 nitrogen and oxygen atoms in total. The molecule has 2 amide bonds. The summed E-state index contributed by atoms with van der Waals surface area (Å²) < 4.78 is 0. The van der Waals surface area contributed by atoms with E-state index in [1.54, 1.807) is 18.2 Å². The van der Waals surface area contributed by atoms with E-state index in [0.717, 1.165) is 31.6 Å². The summed E-state index contributed by atoms with van der Waals surface area (Å²) in [4.78, 5) is 26.8. The number of rotatable bonds is 3. The lowest BCUT2D eigenvalue weighted by molar-refractivity contribution is -0.130. The number of amides is 2. The van der Waals surface area contributed by atoms with Crippen LogP contribution in [0.5, 0.6) is 0 Å². The van der Waals surface area contributed by atoms with Gasteiger partial charge in [-0.1, -0.05) is 18.5 Å². The number of benzene rings is 1. The number of nitrogens with zero attached hydrogens (tertiary/aromatic N) is 2. The lowest BCUT2D eigenvalue weighted by atomic mass is 9.87. The Bertz CT molecular complexity index is 720. The first-order valence-corrected chi connectivity index (χ1v) is 9.15. The molecular weight excluding hydrogens is 338 g/mol. The van der Waals surface area contributed by atoms with Crippen molar-refractivity contribution in [2.45, 2.75) is 45.1 Å². The highest BCUT2D eigenvalue weighted by atomic mass is 35.5. The molecule has 25 heavy (non-hydrogen) atoms. The van der Waals surface area contributed by atoms with E-state index in [-0.39, 0.29) is 30.2 Å². The highest BCUT2D eigenvalue weighted by molar-refractivity contribution is 6.32. The molecule has 1 N–H and O–H groups in total. The van der Waals surface area contributed by atoms with Gasteiger partial charge in [0.2, 0.25) is 11.8 Å². The van der Waals surface area contributed by atoms with Crippen LogP contribution in [0.3, 0.4) is 0 Å². The van der Waals surface area contributed by atoms with Gasteiger partial charge in [0, 0.05) is 24.7 Å². The zero-order chi connectivity index (χ0) is 18.0. The van der Waals surface area contributed by atoms with Gasteiger partial charge in [-0.3, -0.25) is 9.59 Å². The minimum absolute atomic E-state index is 0.0811. The molecular formula is C19H22ClN3O2. The average molecular weight is 360 g/mol. The summed E-state index contributed by atoms with van der Waals surface area (Å²) in [5.41, 5.74) is 0.916. The minimum Gasteiger partial charge on any atom is -0.339 e. The second-order valence-electron chi connectivity index (χ2n) is 7.16. The Morgan fingerprint density at radius 1 is 1.32 bits per heavy atom. The largest absolute Gasteiger partial charge is 0.339 e. The first-order chi connectivity index (χ1) is 12.0. The number of carbonyl (C=O) groups excluding carboxylic acids is 2. The van der Waals surface area contributed by atoms with Gasteiger partial charge >= 0.3 is 0 Å². The van der Waals surface area contributed by atoms with E-state index in [9.17, 15) is 9.59 Å². The normalized spacial score (nSPS) is 26.4. The van der Waals surface area contributed by atoms with Gasteiger partial charge in [-0.25, -0.2) is 0 Å². The molecule has 0 bridgehead atoms. The third kappa shape index (κ3) is 3.96. The fourth-order valence-electron chi connectivity index (χ4n) is 3.74. The summed E-state index contributed by atoms with van der Waals surface area (Å²) in [6.07, 6.45) is 4.63. The van der Waals surface area contributed by atoms with Crippen molar-refractivity contribution >= 4 is 29.1 Å². The third-order valence-electron chi connectivity index (χ3n) is 5.31. The third-order valence-corrected chi connectivity index (χ3v) is 5.63. The average Bonchev–Trinajstić information content (AvgIpc) is 2.98. The van der Waals surface area contributed by atoms with Crippen molar-refractivity contribution in [1.82, 2.24) is 4.90 Å². The van der Waals surface area contributed by atoms with Crippen LogP contribution in [0.1, 0.15) is 44.6 Å². The van der Waals surface area contributed by atoms with Gasteiger partial charge in [-0.05, 0) is 49.8 Å². The van der Waals surface area contributed by atoms with Crippen molar-refractivity contribution in [3.63, 3.8) is 0 Å². The molecule has 1 aromatic rings. The minimum atomic E-state index is -0.332.